The number of Topliss-reactive ketones (excluding diaryl/α,β-unsaturated/α-hetero) is 2. The molecular formula is C46H71N3O17S. The van der Waals surface area contributed by atoms with Gasteiger partial charge in [-0.1, -0.05) is 59.2 Å². The number of likely N-dealkylation sites (tertiary alicyclic amines) is 1. The molecular weight excluding hydrogens is 899 g/mol. The number of carboxylic acids is 1. The Bertz CT molecular complexity index is 2050. The molecule has 0 bridgehead atoms. The van der Waals surface area contributed by atoms with Gasteiger partial charge in [-0.15, -0.1) is 0 Å². The fraction of sp³-hybridized carbons (Fsp3) is 0.717. The van der Waals surface area contributed by atoms with Gasteiger partial charge in [0.2, 0.25) is 17.7 Å². The first-order chi connectivity index (χ1) is 30.9. The standard InChI is InChI=1S/C46H71N3O17S/c1-10-46(8,9)21-36(52)48-33-19-30(24-64-15-16-67(61,62)63)49(42(33)57)22-31(50)20-32(25(2)3)41(56)47-26(4)34(51)18-27-11-12-29(23-65-44(60)45(5,6)7)28(17-27)13-14-35-37(53)38(54)39(55)40(66-35)43(58)59/h11-12,17,25-26,30,32-33,35,37-40,53-55H,10,13-16,18-24H2,1-9H3,(H,47,56)(H,48,52)(H,58,59)(H,61,62,63)/t26-,30-,32-,33-,35-,37-,38+,39-,40?/m0/s1. The fourth-order valence-corrected chi connectivity index (χ4v) is 7.98. The summed E-state index contributed by atoms with van der Waals surface area (Å²) in [5.74, 6) is -6.37. The molecule has 2 saturated heterocycles. The minimum atomic E-state index is -4.32. The number of hydrogen-bond acceptors (Lipinski definition) is 15. The number of aliphatic hydroxyl groups is 3. The second kappa shape index (κ2) is 24.3. The normalized spacial score (nSPS) is 23.4. The zero-order chi connectivity index (χ0) is 50.8. The number of amides is 3. The second-order valence-electron chi connectivity index (χ2n) is 19.9. The highest BCUT2D eigenvalue weighted by Gasteiger charge is 2.47. The molecule has 0 saturated carbocycles. The maximum absolute atomic E-state index is 13.7. The van der Waals surface area contributed by atoms with E-state index in [0.717, 1.165) is 0 Å². The van der Waals surface area contributed by atoms with Gasteiger partial charge < -0.3 is 50.2 Å². The highest BCUT2D eigenvalue weighted by atomic mass is 32.2. The maximum atomic E-state index is 13.7. The summed E-state index contributed by atoms with van der Waals surface area (Å²) in [6.45, 7) is 14.6. The first kappa shape index (κ1) is 56.9. The molecule has 0 aromatic heterocycles. The van der Waals surface area contributed by atoms with Crippen molar-refractivity contribution in [3.8, 4) is 0 Å². The van der Waals surface area contributed by atoms with Crippen LogP contribution in [0.2, 0.25) is 0 Å². The molecule has 3 rings (SSSR count). The van der Waals surface area contributed by atoms with Gasteiger partial charge >= 0.3 is 11.9 Å². The van der Waals surface area contributed by atoms with Gasteiger partial charge in [-0.2, -0.15) is 8.42 Å². The van der Waals surface area contributed by atoms with Crippen molar-refractivity contribution in [2.24, 2.45) is 22.7 Å². The Morgan fingerprint density at radius 1 is 0.970 bits per heavy atom. The number of aliphatic carboxylic acids is 1. The summed E-state index contributed by atoms with van der Waals surface area (Å²) in [7, 11) is -4.32. The molecule has 2 heterocycles. The van der Waals surface area contributed by atoms with E-state index in [9.17, 15) is 62.4 Å². The van der Waals surface area contributed by atoms with E-state index < -0.39 is 124 Å². The molecule has 21 heteroatoms. The largest absolute Gasteiger partial charge is 0.479 e. The molecule has 2 aliphatic heterocycles. The lowest BCUT2D eigenvalue weighted by Crippen LogP contribution is -2.59. The van der Waals surface area contributed by atoms with Crippen molar-refractivity contribution in [3.05, 3.63) is 34.9 Å². The number of hydrogen-bond donors (Lipinski definition) is 7. The number of esters is 1. The van der Waals surface area contributed by atoms with Crippen molar-refractivity contribution in [2.45, 2.75) is 163 Å². The highest BCUT2D eigenvalue weighted by molar-refractivity contribution is 7.85. The van der Waals surface area contributed by atoms with E-state index in [1.807, 2.05) is 20.8 Å². The van der Waals surface area contributed by atoms with Gasteiger partial charge in [0.05, 0.1) is 49.1 Å². The third-order valence-electron chi connectivity index (χ3n) is 12.3. The van der Waals surface area contributed by atoms with Crippen molar-refractivity contribution in [3.63, 3.8) is 0 Å². The predicted octanol–water partition coefficient (Wildman–Crippen LogP) is 1.31. The van der Waals surface area contributed by atoms with Gasteiger partial charge in [-0.3, -0.25) is 33.3 Å². The van der Waals surface area contributed by atoms with Gasteiger partial charge in [-0.25, -0.2) is 4.79 Å². The van der Waals surface area contributed by atoms with Gasteiger partial charge in [0.15, 0.2) is 17.7 Å². The van der Waals surface area contributed by atoms with Crippen LogP contribution in [0, 0.1) is 22.7 Å². The van der Waals surface area contributed by atoms with Crippen molar-refractivity contribution < 1.29 is 81.2 Å². The number of carbonyl (C=O) groups is 7. The van der Waals surface area contributed by atoms with Crippen LogP contribution in [0.3, 0.4) is 0 Å². The minimum absolute atomic E-state index is 0.0276. The highest BCUT2D eigenvalue weighted by Crippen LogP contribution is 2.29. The lowest BCUT2D eigenvalue weighted by Gasteiger charge is -2.39. The Morgan fingerprint density at radius 2 is 1.63 bits per heavy atom. The Hall–Kier alpha value is -4.38. The summed E-state index contributed by atoms with van der Waals surface area (Å²) in [6, 6.07) is 2.22. The number of benzene rings is 1. The van der Waals surface area contributed by atoms with Gasteiger partial charge in [0.25, 0.3) is 10.1 Å². The van der Waals surface area contributed by atoms with Crippen LogP contribution in [-0.2, 0) is 77.3 Å². The lowest BCUT2D eigenvalue weighted by atomic mass is 9.86. The van der Waals surface area contributed by atoms with Crippen molar-refractivity contribution in [2.75, 3.05) is 25.5 Å². The number of aliphatic hydroxyl groups excluding tert-OH is 3. The average Bonchev–Trinajstić information content (AvgIpc) is 3.50. The molecule has 0 radical (unpaired) electrons. The second-order valence-corrected chi connectivity index (χ2v) is 21.4. The Morgan fingerprint density at radius 3 is 2.21 bits per heavy atom. The number of nitrogens with zero attached hydrogens (tertiary/aromatic N) is 1. The first-order valence-electron chi connectivity index (χ1n) is 22.6. The van der Waals surface area contributed by atoms with E-state index in [4.69, 9.17) is 18.8 Å². The molecule has 1 aromatic carbocycles. The predicted molar refractivity (Wildman–Crippen MR) is 241 cm³/mol. The quantitative estimate of drug-likeness (QED) is 0.0413. The molecule has 0 spiro atoms. The van der Waals surface area contributed by atoms with E-state index >= 15 is 0 Å². The third-order valence-corrected chi connectivity index (χ3v) is 13.0. The van der Waals surface area contributed by atoms with Crippen LogP contribution < -0.4 is 10.6 Å². The molecule has 20 nitrogen and oxygen atoms in total. The average molecular weight is 970 g/mol. The topological polar surface area (TPSA) is 310 Å². The Balaban J connectivity index is 1.73. The molecule has 1 aromatic rings. The number of aryl methyl sites for hydroxylation is 1. The third kappa shape index (κ3) is 17.3. The summed E-state index contributed by atoms with van der Waals surface area (Å²) in [5.41, 5.74) is 0.464. The summed E-state index contributed by atoms with van der Waals surface area (Å²) < 4.78 is 48.0. The number of ketones is 2. The van der Waals surface area contributed by atoms with Crippen molar-refractivity contribution >= 4 is 51.3 Å². The summed E-state index contributed by atoms with van der Waals surface area (Å²) in [4.78, 5) is 93.0. The number of ether oxygens (including phenoxy) is 3. The van der Waals surface area contributed by atoms with Gasteiger partial charge in [0.1, 0.15) is 31.0 Å². The number of carboxylic acid groups (broad SMARTS) is 1. The lowest BCUT2D eigenvalue weighted by molar-refractivity contribution is -0.228. The Labute approximate surface area is 392 Å². The van der Waals surface area contributed by atoms with Crippen molar-refractivity contribution in [1.82, 2.24) is 15.5 Å². The van der Waals surface area contributed by atoms with Crippen LogP contribution >= 0.6 is 0 Å². The molecule has 9 atom stereocenters. The molecule has 378 valence electrons. The molecule has 2 aliphatic rings. The van der Waals surface area contributed by atoms with E-state index in [1.165, 1.54) is 11.8 Å². The van der Waals surface area contributed by atoms with Crippen LogP contribution in [0.1, 0.15) is 111 Å². The summed E-state index contributed by atoms with van der Waals surface area (Å²) >= 11 is 0. The van der Waals surface area contributed by atoms with E-state index in [-0.39, 0.29) is 69.7 Å². The van der Waals surface area contributed by atoms with Crippen LogP contribution in [-0.4, -0.2) is 154 Å². The monoisotopic (exact) mass is 969 g/mol. The van der Waals surface area contributed by atoms with E-state index in [2.05, 4.69) is 10.6 Å². The Kier molecular flexibility index (Phi) is 20.6. The zero-order valence-electron chi connectivity index (χ0n) is 40.0. The maximum Gasteiger partial charge on any atom is 0.335 e. The molecule has 1 unspecified atom stereocenters. The minimum Gasteiger partial charge on any atom is -0.479 e. The molecule has 67 heavy (non-hydrogen) atoms. The molecule has 7 N–H and O–H groups in total. The van der Waals surface area contributed by atoms with Crippen LogP contribution in [0.5, 0.6) is 0 Å². The molecule has 2 fully saturated rings. The summed E-state index contributed by atoms with van der Waals surface area (Å²) in [5, 5.41) is 46.0. The fourth-order valence-electron chi connectivity index (χ4n) is 7.65. The SMILES string of the molecule is CCC(C)(C)CC(=O)N[C@H]1C[C@@H](COCCS(=O)(=O)O)N(CC(=O)C[C@H](C(=O)N[C@@H](C)C(=O)Cc2ccc(COC(=O)C(C)(C)C)c(CC[C@@H]3OC(C(=O)O)[C@@H](O)[C@H](O)[C@H]3O)c2)C(C)C)C1=O. The smallest absolute Gasteiger partial charge is 0.335 e. The van der Waals surface area contributed by atoms with E-state index in [1.54, 1.807) is 52.8 Å². The molecule has 3 amide bonds. The molecule has 0 aliphatic carbocycles. The summed E-state index contributed by atoms with van der Waals surface area (Å²) in [6.07, 6.45) is -7.73. The number of nitrogens with one attached hydrogen (secondary N) is 2. The van der Waals surface area contributed by atoms with Crippen LogP contribution in [0.4, 0.5) is 0 Å². The number of rotatable bonds is 25. The number of carbonyl (C=O) groups excluding carboxylic acids is 6. The zero-order valence-corrected chi connectivity index (χ0v) is 40.8. The van der Waals surface area contributed by atoms with Gasteiger partial charge in [-0.05, 0) is 75.0 Å². The van der Waals surface area contributed by atoms with Crippen molar-refractivity contribution in [1.29, 1.82) is 0 Å². The van der Waals surface area contributed by atoms with Gasteiger partial charge in [0, 0.05) is 25.2 Å². The van der Waals surface area contributed by atoms with Crippen LogP contribution in [0.25, 0.3) is 0 Å². The van der Waals surface area contributed by atoms with E-state index in [0.29, 0.717) is 23.1 Å². The van der Waals surface area contributed by atoms with Crippen LogP contribution in [0.15, 0.2) is 18.2 Å². The first-order valence-corrected chi connectivity index (χ1v) is 24.2.